The van der Waals surface area contributed by atoms with Crippen molar-refractivity contribution in [2.45, 2.75) is 52.0 Å². The van der Waals surface area contributed by atoms with Crippen LogP contribution in [0.1, 0.15) is 46.0 Å². The molecule has 1 unspecified atom stereocenters. The Morgan fingerprint density at radius 1 is 1.20 bits per heavy atom. The zero-order chi connectivity index (χ0) is 11.1. The van der Waals surface area contributed by atoms with Crippen molar-refractivity contribution in [3.8, 4) is 0 Å². The van der Waals surface area contributed by atoms with Gasteiger partial charge in [0.1, 0.15) is 0 Å². The third-order valence-corrected chi connectivity index (χ3v) is 3.55. The summed E-state index contributed by atoms with van der Waals surface area (Å²) in [6, 6.07) is 0.508. The van der Waals surface area contributed by atoms with E-state index in [1.165, 1.54) is 32.1 Å². The summed E-state index contributed by atoms with van der Waals surface area (Å²) in [7, 11) is 2.02. The van der Waals surface area contributed by atoms with Gasteiger partial charge in [0.05, 0.1) is 6.61 Å². The van der Waals surface area contributed by atoms with Crippen molar-refractivity contribution in [3.05, 3.63) is 0 Å². The second-order valence-corrected chi connectivity index (χ2v) is 5.18. The first kappa shape index (κ1) is 13.0. The lowest BCUT2D eigenvalue weighted by Crippen LogP contribution is -2.35. The minimum absolute atomic E-state index is 0.508. The van der Waals surface area contributed by atoms with Crippen LogP contribution in [0.5, 0.6) is 0 Å². The molecule has 90 valence electrons. The molecule has 2 nitrogen and oxygen atoms in total. The van der Waals surface area contributed by atoms with Crippen molar-refractivity contribution in [3.63, 3.8) is 0 Å². The maximum atomic E-state index is 5.82. The van der Waals surface area contributed by atoms with Crippen LogP contribution in [-0.4, -0.2) is 26.3 Å². The predicted octanol–water partition coefficient (Wildman–Crippen LogP) is 2.83. The smallest absolute Gasteiger partial charge is 0.0622 e. The molecule has 1 N–H and O–H groups in total. The maximum absolute atomic E-state index is 5.82. The third kappa shape index (κ3) is 4.98. The second kappa shape index (κ2) is 7.24. The molecule has 0 spiro atoms. The molecule has 1 fully saturated rings. The van der Waals surface area contributed by atoms with Crippen LogP contribution in [0, 0.1) is 11.8 Å². The van der Waals surface area contributed by atoms with Crippen molar-refractivity contribution in [1.82, 2.24) is 5.32 Å². The van der Waals surface area contributed by atoms with Gasteiger partial charge in [0.25, 0.3) is 0 Å². The molecule has 1 rings (SSSR count). The summed E-state index contributed by atoms with van der Waals surface area (Å²) in [4.78, 5) is 0. The van der Waals surface area contributed by atoms with Crippen molar-refractivity contribution in [2.75, 3.05) is 20.3 Å². The third-order valence-electron chi connectivity index (χ3n) is 3.55. The highest BCUT2D eigenvalue weighted by Gasteiger charge is 2.15. The molecule has 1 saturated carbocycles. The fourth-order valence-corrected chi connectivity index (χ4v) is 2.32. The molecule has 0 aromatic carbocycles. The Morgan fingerprint density at radius 2 is 1.87 bits per heavy atom. The molecule has 0 saturated heterocycles. The van der Waals surface area contributed by atoms with Crippen molar-refractivity contribution in [1.29, 1.82) is 0 Å². The molecule has 2 heteroatoms. The quantitative estimate of drug-likeness (QED) is 0.732. The molecule has 0 aliphatic heterocycles. The van der Waals surface area contributed by atoms with E-state index >= 15 is 0 Å². The van der Waals surface area contributed by atoms with Crippen LogP contribution in [0.15, 0.2) is 0 Å². The van der Waals surface area contributed by atoms with E-state index in [1.807, 2.05) is 7.05 Å². The molecule has 1 aliphatic rings. The Balaban J connectivity index is 2.08. The highest BCUT2D eigenvalue weighted by atomic mass is 16.5. The molecular formula is C13H27NO. The van der Waals surface area contributed by atoms with Crippen LogP contribution in [0.3, 0.4) is 0 Å². The fraction of sp³-hybridized carbons (Fsp3) is 1.00. The van der Waals surface area contributed by atoms with Gasteiger partial charge in [-0.15, -0.1) is 0 Å². The topological polar surface area (TPSA) is 21.3 Å². The molecule has 0 aromatic rings. The van der Waals surface area contributed by atoms with E-state index in [4.69, 9.17) is 4.74 Å². The Bertz CT molecular complexity index is 153. The lowest BCUT2D eigenvalue weighted by molar-refractivity contribution is 0.0623. The first-order valence-electron chi connectivity index (χ1n) is 6.49. The van der Waals surface area contributed by atoms with E-state index in [0.717, 1.165) is 19.1 Å². The summed E-state index contributed by atoms with van der Waals surface area (Å²) in [5.74, 6) is 1.49. The van der Waals surface area contributed by atoms with Crippen LogP contribution in [0.25, 0.3) is 0 Å². The van der Waals surface area contributed by atoms with Gasteiger partial charge in [-0.1, -0.05) is 33.1 Å². The van der Waals surface area contributed by atoms with Gasteiger partial charge >= 0.3 is 0 Å². The Kier molecular flexibility index (Phi) is 6.26. The molecule has 0 radical (unpaired) electrons. The number of likely N-dealkylation sites (N-methyl/N-ethyl adjacent to an activating group) is 1. The monoisotopic (exact) mass is 213 g/mol. The van der Waals surface area contributed by atoms with Gasteiger partial charge in [0.2, 0.25) is 0 Å². The maximum Gasteiger partial charge on any atom is 0.0622 e. The van der Waals surface area contributed by atoms with Gasteiger partial charge in [-0.25, -0.2) is 0 Å². The SMILES string of the molecule is CNC(COCC1CCCCC1)C(C)C. The Morgan fingerprint density at radius 3 is 2.40 bits per heavy atom. The van der Waals surface area contributed by atoms with Gasteiger partial charge in [-0.05, 0) is 31.7 Å². The fourth-order valence-electron chi connectivity index (χ4n) is 2.32. The minimum atomic E-state index is 0.508. The molecule has 0 amide bonds. The average molecular weight is 213 g/mol. The minimum Gasteiger partial charge on any atom is -0.380 e. The first-order chi connectivity index (χ1) is 7.24. The lowest BCUT2D eigenvalue weighted by atomic mass is 9.90. The molecule has 15 heavy (non-hydrogen) atoms. The molecule has 0 heterocycles. The van der Waals surface area contributed by atoms with Crippen LogP contribution < -0.4 is 5.32 Å². The zero-order valence-electron chi connectivity index (χ0n) is 10.6. The summed E-state index contributed by atoms with van der Waals surface area (Å²) in [6.07, 6.45) is 7.01. The molecule has 1 aliphatic carbocycles. The summed E-state index contributed by atoms with van der Waals surface area (Å²) in [6.45, 7) is 6.33. The largest absolute Gasteiger partial charge is 0.380 e. The lowest BCUT2D eigenvalue weighted by Gasteiger charge is -2.24. The summed E-state index contributed by atoms with van der Waals surface area (Å²) < 4.78 is 5.82. The summed E-state index contributed by atoms with van der Waals surface area (Å²) in [5.41, 5.74) is 0. The highest BCUT2D eigenvalue weighted by molar-refractivity contribution is 4.69. The Labute approximate surface area is 94.8 Å². The van der Waals surface area contributed by atoms with Gasteiger partial charge < -0.3 is 10.1 Å². The second-order valence-electron chi connectivity index (χ2n) is 5.18. The van der Waals surface area contributed by atoms with Crippen LogP contribution in [-0.2, 0) is 4.74 Å². The molecule has 0 aromatic heterocycles. The predicted molar refractivity (Wildman–Crippen MR) is 65.1 cm³/mol. The van der Waals surface area contributed by atoms with E-state index in [0.29, 0.717) is 12.0 Å². The highest BCUT2D eigenvalue weighted by Crippen LogP contribution is 2.23. The number of rotatable bonds is 6. The van der Waals surface area contributed by atoms with E-state index in [9.17, 15) is 0 Å². The van der Waals surface area contributed by atoms with Gasteiger partial charge in [-0.3, -0.25) is 0 Å². The number of ether oxygens (including phenoxy) is 1. The molecule has 1 atom stereocenters. The van der Waals surface area contributed by atoms with Crippen LogP contribution in [0.2, 0.25) is 0 Å². The van der Waals surface area contributed by atoms with Crippen molar-refractivity contribution < 1.29 is 4.74 Å². The summed E-state index contributed by atoms with van der Waals surface area (Å²) in [5, 5.41) is 3.31. The number of hydrogen-bond acceptors (Lipinski definition) is 2. The van der Waals surface area contributed by atoms with E-state index in [-0.39, 0.29) is 0 Å². The van der Waals surface area contributed by atoms with E-state index < -0.39 is 0 Å². The van der Waals surface area contributed by atoms with Crippen LogP contribution >= 0.6 is 0 Å². The Hall–Kier alpha value is -0.0800. The van der Waals surface area contributed by atoms with Crippen molar-refractivity contribution >= 4 is 0 Å². The van der Waals surface area contributed by atoms with Gasteiger partial charge in [-0.2, -0.15) is 0 Å². The van der Waals surface area contributed by atoms with Gasteiger partial charge in [0.15, 0.2) is 0 Å². The van der Waals surface area contributed by atoms with Gasteiger partial charge in [0, 0.05) is 12.6 Å². The number of hydrogen-bond donors (Lipinski definition) is 1. The summed E-state index contributed by atoms with van der Waals surface area (Å²) >= 11 is 0. The first-order valence-corrected chi connectivity index (χ1v) is 6.49. The van der Waals surface area contributed by atoms with E-state index in [2.05, 4.69) is 19.2 Å². The number of nitrogens with one attached hydrogen (secondary N) is 1. The molecule has 0 bridgehead atoms. The zero-order valence-corrected chi connectivity index (χ0v) is 10.6. The van der Waals surface area contributed by atoms with E-state index in [1.54, 1.807) is 0 Å². The van der Waals surface area contributed by atoms with Crippen LogP contribution in [0.4, 0.5) is 0 Å². The molecular weight excluding hydrogens is 186 g/mol. The standard InChI is InChI=1S/C13H27NO/c1-11(2)13(14-3)10-15-9-12-7-5-4-6-8-12/h11-14H,4-10H2,1-3H3. The average Bonchev–Trinajstić information content (AvgIpc) is 2.25. The normalized spacial score (nSPS) is 20.8. The van der Waals surface area contributed by atoms with Crippen molar-refractivity contribution in [2.24, 2.45) is 11.8 Å².